The monoisotopic (exact) mass is 307 g/mol. The van der Waals surface area contributed by atoms with Gasteiger partial charge < -0.3 is 5.32 Å². The van der Waals surface area contributed by atoms with Crippen LogP contribution in [-0.4, -0.2) is 0 Å². The Balaban J connectivity index is 2.19. The van der Waals surface area contributed by atoms with E-state index >= 15 is 0 Å². The number of hydrogen-bond acceptors (Lipinski definition) is 1. The van der Waals surface area contributed by atoms with E-state index in [4.69, 9.17) is 23.2 Å². The zero-order valence-electron chi connectivity index (χ0n) is 11.8. The van der Waals surface area contributed by atoms with Crippen LogP contribution in [0.1, 0.15) is 37.4 Å². The van der Waals surface area contributed by atoms with E-state index in [1.54, 1.807) is 6.07 Å². The molecule has 0 radical (unpaired) electrons. The molecule has 0 spiro atoms. The van der Waals surface area contributed by atoms with E-state index in [-0.39, 0.29) is 6.04 Å². The van der Waals surface area contributed by atoms with Crippen LogP contribution in [0.4, 0.5) is 5.69 Å². The molecule has 0 fully saturated rings. The van der Waals surface area contributed by atoms with Crippen molar-refractivity contribution in [2.45, 2.75) is 32.7 Å². The van der Waals surface area contributed by atoms with Gasteiger partial charge in [0, 0.05) is 15.7 Å². The zero-order chi connectivity index (χ0) is 14.5. The summed E-state index contributed by atoms with van der Waals surface area (Å²) in [7, 11) is 0. The van der Waals surface area contributed by atoms with E-state index < -0.39 is 0 Å². The van der Waals surface area contributed by atoms with Crippen LogP contribution in [0.5, 0.6) is 0 Å². The molecule has 106 valence electrons. The summed E-state index contributed by atoms with van der Waals surface area (Å²) in [5, 5.41) is 4.79. The first-order valence-corrected chi connectivity index (χ1v) is 7.69. The molecule has 0 aliphatic heterocycles. The normalized spacial score (nSPS) is 12.2. The molecule has 2 rings (SSSR count). The Kier molecular flexibility index (Phi) is 5.33. The number of hydrogen-bond donors (Lipinski definition) is 1. The number of anilines is 1. The van der Waals surface area contributed by atoms with E-state index in [0.717, 1.165) is 18.5 Å². The van der Waals surface area contributed by atoms with E-state index in [9.17, 15) is 0 Å². The number of aryl methyl sites for hydroxylation is 1. The molecule has 0 aliphatic carbocycles. The summed E-state index contributed by atoms with van der Waals surface area (Å²) < 4.78 is 0. The minimum Gasteiger partial charge on any atom is -0.378 e. The van der Waals surface area contributed by atoms with Gasteiger partial charge in [-0.25, -0.2) is 0 Å². The third kappa shape index (κ3) is 3.91. The van der Waals surface area contributed by atoms with E-state index in [2.05, 4.69) is 43.4 Å². The average molecular weight is 308 g/mol. The molecule has 0 bridgehead atoms. The fourth-order valence-electron chi connectivity index (χ4n) is 2.25. The Bertz CT molecular complexity index is 543. The molecule has 1 N–H and O–H groups in total. The summed E-state index contributed by atoms with van der Waals surface area (Å²) in [5.74, 6) is 0. The first-order chi connectivity index (χ1) is 9.62. The Hall–Kier alpha value is -1.18. The molecule has 2 aromatic rings. The first-order valence-electron chi connectivity index (χ1n) is 6.93. The van der Waals surface area contributed by atoms with E-state index in [1.165, 1.54) is 11.1 Å². The van der Waals surface area contributed by atoms with Crippen LogP contribution in [0.3, 0.4) is 0 Å². The van der Waals surface area contributed by atoms with Gasteiger partial charge >= 0.3 is 0 Å². The van der Waals surface area contributed by atoms with Gasteiger partial charge in [-0.1, -0.05) is 61.3 Å². The highest BCUT2D eigenvalue weighted by atomic mass is 35.5. The molecule has 0 saturated heterocycles. The van der Waals surface area contributed by atoms with Crippen LogP contribution in [0.25, 0.3) is 0 Å². The minimum absolute atomic E-state index is 0.260. The van der Waals surface area contributed by atoms with Crippen molar-refractivity contribution in [1.29, 1.82) is 0 Å². The van der Waals surface area contributed by atoms with Gasteiger partial charge in [0.15, 0.2) is 0 Å². The van der Waals surface area contributed by atoms with Crippen LogP contribution in [0.15, 0.2) is 42.5 Å². The summed E-state index contributed by atoms with van der Waals surface area (Å²) in [5.41, 5.74) is 3.59. The van der Waals surface area contributed by atoms with Gasteiger partial charge in [0.1, 0.15) is 0 Å². The predicted octanol–water partition coefficient (Wildman–Crippen LogP) is 6.12. The maximum atomic E-state index is 6.04. The molecular weight excluding hydrogens is 289 g/mol. The highest BCUT2D eigenvalue weighted by Gasteiger charge is 2.09. The molecule has 1 atom stereocenters. The number of benzene rings is 2. The molecular formula is C17H19Cl2N. The summed E-state index contributed by atoms with van der Waals surface area (Å²) in [6, 6.07) is 14.5. The van der Waals surface area contributed by atoms with E-state index in [1.807, 2.05) is 12.1 Å². The van der Waals surface area contributed by atoms with Crippen LogP contribution in [0.2, 0.25) is 10.0 Å². The topological polar surface area (TPSA) is 12.0 Å². The van der Waals surface area contributed by atoms with Gasteiger partial charge in [0.2, 0.25) is 0 Å². The lowest BCUT2D eigenvalue weighted by molar-refractivity contribution is 0.749. The van der Waals surface area contributed by atoms with E-state index in [0.29, 0.717) is 10.0 Å². The van der Waals surface area contributed by atoms with Gasteiger partial charge in [-0.2, -0.15) is 0 Å². The van der Waals surface area contributed by atoms with Crippen LogP contribution < -0.4 is 5.32 Å². The largest absolute Gasteiger partial charge is 0.378 e. The summed E-state index contributed by atoms with van der Waals surface area (Å²) >= 11 is 12.1. The number of nitrogens with one attached hydrogen (secondary N) is 1. The third-order valence-corrected chi connectivity index (χ3v) is 3.84. The highest BCUT2D eigenvalue weighted by Crippen LogP contribution is 2.27. The number of halogens is 2. The highest BCUT2D eigenvalue weighted by molar-refractivity contribution is 6.35. The first kappa shape index (κ1) is 15.2. The van der Waals surface area contributed by atoms with Gasteiger partial charge in [-0.05, 0) is 42.2 Å². The fraction of sp³-hybridized carbons (Fsp3) is 0.294. The van der Waals surface area contributed by atoms with Crippen molar-refractivity contribution in [1.82, 2.24) is 0 Å². The summed E-state index contributed by atoms with van der Waals surface area (Å²) in [6.45, 7) is 4.33. The van der Waals surface area contributed by atoms with Crippen LogP contribution in [0, 0.1) is 0 Å². The van der Waals surface area contributed by atoms with Crippen molar-refractivity contribution < 1.29 is 0 Å². The SMILES string of the molecule is CCc1ccc(C(CC)Nc2cc(Cl)cc(Cl)c2)cc1. The maximum absolute atomic E-state index is 6.04. The third-order valence-electron chi connectivity index (χ3n) is 3.40. The Morgan fingerprint density at radius 2 is 1.55 bits per heavy atom. The lowest BCUT2D eigenvalue weighted by Gasteiger charge is -2.19. The predicted molar refractivity (Wildman–Crippen MR) is 88.9 cm³/mol. The molecule has 0 heterocycles. The van der Waals surface area contributed by atoms with Gasteiger partial charge in [0.05, 0.1) is 6.04 Å². The standard InChI is InChI=1S/C17H19Cl2N/c1-3-12-5-7-13(8-6-12)17(4-2)20-16-10-14(18)9-15(19)11-16/h5-11,17,20H,3-4H2,1-2H3. The summed E-state index contributed by atoms with van der Waals surface area (Å²) in [4.78, 5) is 0. The smallest absolute Gasteiger partial charge is 0.0511 e. The van der Waals surface area contributed by atoms with Gasteiger partial charge in [-0.15, -0.1) is 0 Å². The molecule has 3 heteroatoms. The van der Waals surface area contributed by atoms with Crippen molar-refractivity contribution in [3.63, 3.8) is 0 Å². The Morgan fingerprint density at radius 1 is 0.950 bits per heavy atom. The number of rotatable bonds is 5. The van der Waals surface area contributed by atoms with Crippen molar-refractivity contribution >= 4 is 28.9 Å². The second-order valence-electron chi connectivity index (χ2n) is 4.86. The van der Waals surface area contributed by atoms with Gasteiger partial charge in [-0.3, -0.25) is 0 Å². The minimum atomic E-state index is 0.260. The molecule has 0 amide bonds. The zero-order valence-corrected chi connectivity index (χ0v) is 13.3. The van der Waals surface area contributed by atoms with Crippen molar-refractivity contribution in [3.05, 3.63) is 63.6 Å². The quantitative estimate of drug-likeness (QED) is 0.701. The molecule has 0 saturated carbocycles. The molecule has 1 unspecified atom stereocenters. The van der Waals surface area contributed by atoms with Crippen LogP contribution in [-0.2, 0) is 6.42 Å². The van der Waals surface area contributed by atoms with Crippen molar-refractivity contribution in [2.75, 3.05) is 5.32 Å². The van der Waals surface area contributed by atoms with Crippen LogP contribution >= 0.6 is 23.2 Å². The molecule has 0 aliphatic rings. The summed E-state index contributed by atoms with van der Waals surface area (Å²) in [6.07, 6.45) is 2.06. The Labute approximate surface area is 130 Å². The van der Waals surface area contributed by atoms with Crippen molar-refractivity contribution in [2.24, 2.45) is 0 Å². The lowest BCUT2D eigenvalue weighted by Crippen LogP contribution is -2.09. The molecule has 0 aromatic heterocycles. The molecule has 1 nitrogen and oxygen atoms in total. The average Bonchev–Trinajstić information content (AvgIpc) is 2.44. The fourth-order valence-corrected chi connectivity index (χ4v) is 2.77. The lowest BCUT2D eigenvalue weighted by atomic mass is 10.0. The second kappa shape index (κ2) is 7.01. The molecule has 20 heavy (non-hydrogen) atoms. The van der Waals surface area contributed by atoms with Crippen molar-refractivity contribution in [3.8, 4) is 0 Å². The Morgan fingerprint density at radius 3 is 2.05 bits per heavy atom. The maximum Gasteiger partial charge on any atom is 0.0511 e. The van der Waals surface area contributed by atoms with Gasteiger partial charge in [0.25, 0.3) is 0 Å². The second-order valence-corrected chi connectivity index (χ2v) is 5.73. The molecule has 2 aromatic carbocycles.